The second kappa shape index (κ2) is 46.0. The van der Waals surface area contributed by atoms with E-state index in [-0.39, 0.29) is 32.7 Å². The highest BCUT2D eigenvalue weighted by atomic mass is 16.7. The number of unbranched alkanes of at least 4 members (excludes halogenated alkanes) is 5. The SMILES string of the molecule is CC/C=C\C/C=C\C/C=C\C/C=C\C/C=C\C/C=C\C/C=C\CCCCCCCC(=O)OC(COC(=O)CC/C=C\C/C=C\C/C=C\C/C=C\CC)COC(OCC[N+](C)(C)C)C(=O)[O-]. The minimum atomic E-state index is -1.65. The summed E-state index contributed by atoms with van der Waals surface area (Å²) >= 11 is 0. The third-order valence-electron chi connectivity index (χ3n) is 9.41. The van der Waals surface area contributed by atoms with E-state index in [9.17, 15) is 19.5 Å². The van der Waals surface area contributed by atoms with Crippen molar-refractivity contribution in [3.05, 3.63) is 134 Å². The number of hydrogen-bond acceptors (Lipinski definition) is 8. The van der Waals surface area contributed by atoms with Gasteiger partial charge in [0.25, 0.3) is 0 Å². The van der Waals surface area contributed by atoms with Crippen LogP contribution in [0.15, 0.2) is 134 Å². The first-order chi connectivity index (χ1) is 31.6. The van der Waals surface area contributed by atoms with Gasteiger partial charge in [0, 0.05) is 12.8 Å². The molecular weight excluding hydrogens is 815 g/mol. The van der Waals surface area contributed by atoms with Gasteiger partial charge in [0.15, 0.2) is 12.4 Å². The minimum absolute atomic E-state index is 0.124. The molecular formula is C56H87NO8. The van der Waals surface area contributed by atoms with E-state index < -0.39 is 30.3 Å². The second-order valence-electron chi connectivity index (χ2n) is 16.6. The summed E-state index contributed by atoms with van der Waals surface area (Å²) < 4.78 is 22.4. The molecule has 0 rings (SSSR count). The molecule has 0 saturated heterocycles. The molecule has 0 saturated carbocycles. The van der Waals surface area contributed by atoms with Crippen LogP contribution in [0.1, 0.15) is 142 Å². The number of carbonyl (C=O) groups is 3. The number of allylic oxidation sites excluding steroid dienone is 22. The summed E-state index contributed by atoms with van der Waals surface area (Å²) in [5.74, 6) is -2.44. The number of esters is 2. The van der Waals surface area contributed by atoms with E-state index in [0.29, 0.717) is 23.9 Å². The highest BCUT2D eigenvalue weighted by Gasteiger charge is 2.21. The molecule has 0 aromatic rings. The Kier molecular flexibility index (Phi) is 42.7. The number of carboxylic acids is 1. The lowest BCUT2D eigenvalue weighted by Crippen LogP contribution is -2.44. The van der Waals surface area contributed by atoms with Crippen LogP contribution in [0.4, 0.5) is 0 Å². The Labute approximate surface area is 395 Å². The molecule has 0 aliphatic heterocycles. The van der Waals surface area contributed by atoms with Crippen LogP contribution in [0.5, 0.6) is 0 Å². The van der Waals surface area contributed by atoms with Crippen LogP contribution in [0.3, 0.4) is 0 Å². The van der Waals surface area contributed by atoms with Gasteiger partial charge in [0.05, 0.1) is 40.3 Å². The first-order valence-electron chi connectivity index (χ1n) is 24.3. The fourth-order valence-corrected chi connectivity index (χ4v) is 5.70. The largest absolute Gasteiger partial charge is 0.545 e. The van der Waals surface area contributed by atoms with Crippen LogP contribution < -0.4 is 5.11 Å². The van der Waals surface area contributed by atoms with Crippen molar-refractivity contribution in [2.75, 3.05) is 47.5 Å². The van der Waals surface area contributed by atoms with Crippen molar-refractivity contribution < 1.29 is 42.9 Å². The first kappa shape index (κ1) is 60.4. The first-order valence-corrected chi connectivity index (χ1v) is 24.3. The maximum atomic E-state index is 12.8. The van der Waals surface area contributed by atoms with Crippen LogP contribution >= 0.6 is 0 Å². The molecule has 364 valence electrons. The molecule has 9 heteroatoms. The zero-order valence-corrected chi connectivity index (χ0v) is 41.0. The number of nitrogens with zero attached hydrogens (tertiary/aromatic N) is 1. The van der Waals surface area contributed by atoms with Crippen molar-refractivity contribution in [2.45, 2.75) is 155 Å². The quantitative estimate of drug-likeness (QED) is 0.0196. The average Bonchev–Trinajstić information content (AvgIpc) is 3.27. The number of carboxylic acid groups (broad SMARTS) is 1. The van der Waals surface area contributed by atoms with Crippen molar-refractivity contribution in [1.82, 2.24) is 0 Å². The molecule has 2 atom stereocenters. The second-order valence-corrected chi connectivity index (χ2v) is 16.6. The van der Waals surface area contributed by atoms with Gasteiger partial charge in [-0.25, -0.2) is 0 Å². The van der Waals surface area contributed by atoms with Gasteiger partial charge in [-0.1, -0.05) is 167 Å². The summed E-state index contributed by atoms with van der Waals surface area (Å²) in [5.41, 5.74) is 0. The fourth-order valence-electron chi connectivity index (χ4n) is 5.70. The minimum Gasteiger partial charge on any atom is -0.545 e. The molecule has 0 heterocycles. The number of carbonyl (C=O) groups excluding carboxylic acids is 3. The van der Waals surface area contributed by atoms with E-state index in [1.807, 2.05) is 33.3 Å². The Hall–Kier alpha value is -4.57. The highest BCUT2D eigenvalue weighted by molar-refractivity contribution is 5.70. The summed E-state index contributed by atoms with van der Waals surface area (Å²) in [4.78, 5) is 37.0. The average molecular weight is 902 g/mol. The smallest absolute Gasteiger partial charge is 0.306 e. The molecule has 9 nitrogen and oxygen atoms in total. The molecule has 0 radical (unpaired) electrons. The number of aliphatic carboxylic acids is 1. The molecule has 0 aliphatic rings. The maximum absolute atomic E-state index is 12.8. The third kappa shape index (κ3) is 47.2. The Morgan fingerprint density at radius 1 is 0.462 bits per heavy atom. The lowest BCUT2D eigenvalue weighted by Gasteiger charge is -2.26. The number of likely N-dealkylation sites (N-methyl/N-ethyl adjacent to an activating group) is 1. The van der Waals surface area contributed by atoms with Crippen molar-refractivity contribution in [3.8, 4) is 0 Å². The van der Waals surface area contributed by atoms with E-state index in [1.54, 1.807) is 0 Å². The molecule has 0 aliphatic carbocycles. The van der Waals surface area contributed by atoms with E-state index in [4.69, 9.17) is 18.9 Å². The molecule has 0 aromatic carbocycles. The van der Waals surface area contributed by atoms with Gasteiger partial charge in [-0.3, -0.25) is 9.59 Å². The number of ether oxygens (including phenoxy) is 4. The van der Waals surface area contributed by atoms with Crippen molar-refractivity contribution >= 4 is 17.9 Å². The summed E-state index contributed by atoms with van der Waals surface area (Å²) in [5, 5.41) is 11.7. The predicted octanol–water partition coefficient (Wildman–Crippen LogP) is 12.2. The highest BCUT2D eigenvalue weighted by Crippen LogP contribution is 2.11. The van der Waals surface area contributed by atoms with Gasteiger partial charge in [-0.05, 0) is 96.3 Å². The van der Waals surface area contributed by atoms with Gasteiger partial charge in [0.1, 0.15) is 13.2 Å². The molecule has 0 spiro atoms. The number of rotatable bonds is 42. The van der Waals surface area contributed by atoms with Crippen molar-refractivity contribution in [1.29, 1.82) is 0 Å². The van der Waals surface area contributed by atoms with Crippen LogP contribution in [-0.4, -0.2) is 82.3 Å². The standard InChI is InChI=1S/C56H87NO8/c1-6-8-10-12-14-16-18-20-21-22-23-24-25-26-27-28-29-30-31-32-33-35-37-39-41-43-45-47-54(59)65-52(51-64-56(55(60)61)62-49-48-57(3,4)5)50-63-53(58)46-44-42-40-38-36-34-19-17-15-13-11-9-7-2/h8-11,14-17,20-21,23-24,26-27,29-30,32-34,36,40,42,52,56H,6-7,12-13,18-19,22,25,28,31,35,37-39,41,43-51H2,1-5H3/b10-8-,11-9-,16-14-,17-15-,21-20-,24-23-,27-26-,30-29-,33-32-,36-34-,42-40-. The van der Waals surface area contributed by atoms with Gasteiger partial charge < -0.3 is 33.3 Å². The predicted molar refractivity (Wildman–Crippen MR) is 269 cm³/mol. The summed E-state index contributed by atoms with van der Waals surface area (Å²) in [7, 11) is 5.87. The fraction of sp³-hybridized carbons (Fsp3) is 0.554. The summed E-state index contributed by atoms with van der Waals surface area (Å²) in [6, 6.07) is 0. The summed E-state index contributed by atoms with van der Waals surface area (Å²) in [6.07, 6.45) is 62.2. The van der Waals surface area contributed by atoms with E-state index >= 15 is 0 Å². The maximum Gasteiger partial charge on any atom is 0.306 e. The lowest BCUT2D eigenvalue weighted by molar-refractivity contribution is -0.870. The van der Waals surface area contributed by atoms with Crippen molar-refractivity contribution in [3.63, 3.8) is 0 Å². The normalized spacial score (nSPS) is 14.0. The molecule has 2 unspecified atom stereocenters. The van der Waals surface area contributed by atoms with Gasteiger partial charge in [-0.15, -0.1) is 0 Å². The Morgan fingerprint density at radius 2 is 0.862 bits per heavy atom. The molecule has 65 heavy (non-hydrogen) atoms. The molecule has 0 amide bonds. The van der Waals surface area contributed by atoms with E-state index in [1.165, 1.54) is 0 Å². The van der Waals surface area contributed by atoms with Crippen LogP contribution in [0, 0.1) is 0 Å². The van der Waals surface area contributed by atoms with Crippen LogP contribution in [0.2, 0.25) is 0 Å². The Balaban J connectivity index is 4.47. The van der Waals surface area contributed by atoms with Crippen LogP contribution in [0.25, 0.3) is 0 Å². The van der Waals surface area contributed by atoms with Gasteiger partial charge in [-0.2, -0.15) is 0 Å². The van der Waals surface area contributed by atoms with E-state index in [0.717, 1.165) is 103 Å². The van der Waals surface area contributed by atoms with E-state index in [2.05, 4.69) is 135 Å². The third-order valence-corrected chi connectivity index (χ3v) is 9.41. The van der Waals surface area contributed by atoms with Gasteiger partial charge in [0.2, 0.25) is 0 Å². The zero-order valence-electron chi connectivity index (χ0n) is 41.0. The number of hydrogen-bond donors (Lipinski definition) is 0. The zero-order chi connectivity index (χ0) is 47.7. The Morgan fingerprint density at radius 3 is 1.29 bits per heavy atom. The topological polar surface area (TPSA) is 111 Å². The lowest BCUT2D eigenvalue weighted by atomic mass is 10.1. The number of quaternary nitrogens is 1. The summed E-state index contributed by atoms with van der Waals surface area (Å²) in [6.45, 7) is 4.36. The Bertz CT molecular complexity index is 1520. The monoisotopic (exact) mass is 902 g/mol. The van der Waals surface area contributed by atoms with Crippen LogP contribution in [-0.2, 0) is 33.3 Å². The molecule has 0 N–H and O–H groups in total. The molecule has 0 aromatic heterocycles. The molecule has 0 fully saturated rings. The van der Waals surface area contributed by atoms with Crippen molar-refractivity contribution in [2.24, 2.45) is 0 Å². The molecule has 0 bridgehead atoms. The van der Waals surface area contributed by atoms with Gasteiger partial charge >= 0.3 is 11.9 Å².